The molecule has 1 amide bonds. The Hall–Kier alpha value is -1.06. The van der Waals surface area contributed by atoms with Crippen LogP contribution < -0.4 is 11.1 Å². The third kappa shape index (κ3) is 2.99. The number of hydrogen-bond donors (Lipinski definition) is 2. The molecule has 1 unspecified atom stereocenters. The van der Waals surface area contributed by atoms with Crippen LogP contribution in [0.3, 0.4) is 0 Å². The number of hydrogen-bond acceptors (Lipinski definition) is 2. The van der Waals surface area contributed by atoms with Crippen molar-refractivity contribution in [2.45, 2.75) is 45.6 Å². The Balaban J connectivity index is 0.00000200. The predicted molar refractivity (Wildman–Crippen MR) is 85.0 cm³/mol. The van der Waals surface area contributed by atoms with E-state index in [0.717, 1.165) is 25.7 Å². The van der Waals surface area contributed by atoms with E-state index in [2.05, 4.69) is 23.5 Å². The zero-order valence-corrected chi connectivity index (χ0v) is 13.1. The Morgan fingerprint density at radius 2 is 2.00 bits per heavy atom. The number of nitrogens with two attached hydrogens (primary N) is 1. The van der Waals surface area contributed by atoms with Gasteiger partial charge in [-0.15, -0.1) is 12.4 Å². The molecule has 0 fully saturated rings. The fourth-order valence-electron chi connectivity index (χ4n) is 2.97. The average Bonchev–Trinajstić information content (AvgIpc) is 2.85. The summed E-state index contributed by atoms with van der Waals surface area (Å²) in [5.41, 5.74) is 8.07. The molecule has 4 heteroatoms. The summed E-state index contributed by atoms with van der Waals surface area (Å²) < 4.78 is 0. The highest BCUT2D eigenvalue weighted by atomic mass is 35.5. The van der Waals surface area contributed by atoms with E-state index in [0.29, 0.717) is 6.54 Å². The Bertz CT molecular complexity index is 449. The van der Waals surface area contributed by atoms with E-state index in [1.165, 1.54) is 11.1 Å². The molecule has 1 aliphatic carbocycles. The van der Waals surface area contributed by atoms with Gasteiger partial charge in [0.15, 0.2) is 0 Å². The highest BCUT2D eigenvalue weighted by Crippen LogP contribution is 2.33. The topological polar surface area (TPSA) is 55.1 Å². The van der Waals surface area contributed by atoms with E-state index < -0.39 is 5.41 Å². The molecule has 0 radical (unpaired) electrons. The monoisotopic (exact) mass is 296 g/mol. The number of halogens is 1. The van der Waals surface area contributed by atoms with Crippen molar-refractivity contribution in [3.63, 3.8) is 0 Å². The SMILES string of the molecule is CCC(CC)(CN)C(=O)NC1CCc2ccccc21.Cl. The summed E-state index contributed by atoms with van der Waals surface area (Å²) >= 11 is 0. The molecule has 0 heterocycles. The van der Waals surface area contributed by atoms with Crippen LogP contribution in [0.5, 0.6) is 0 Å². The lowest BCUT2D eigenvalue weighted by atomic mass is 9.81. The van der Waals surface area contributed by atoms with Gasteiger partial charge in [-0.25, -0.2) is 0 Å². The Morgan fingerprint density at radius 1 is 1.35 bits per heavy atom. The number of fused-ring (bicyclic) bond motifs is 1. The molecular weight excluding hydrogens is 272 g/mol. The van der Waals surface area contributed by atoms with E-state index in [9.17, 15) is 4.79 Å². The van der Waals surface area contributed by atoms with Crippen LogP contribution >= 0.6 is 12.4 Å². The second kappa shape index (κ2) is 7.09. The van der Waals surface area contributed by atoms with Gasteiger partial charge in [0.05, 0.1) is 11.5 Å². The van der Waals surface area contributed by atoms with Crippen molar-refractivity contribution >= 4 is 18.3 Å². The van der Waals surface area contributed by atoms with Crippen LogP contribution in [-0.2, 0) is 11.2 Å². The fraction of sp³-hybridized carbons (Fsp3) is 0.562. The summed E-state index contributed by atoms with van der Waals surface area (Å²) in [6.07, 6.45) is 3.63. The number of carbonyl (C=O) groups excluding carboxylic acids is 1. The van der Waals surface area contributed by atoms with Crippen LogP contribution in [0.15, 0.2) is 24.3 Å². The minimum atomic E-state index is -0.405. The quantitative estimate of drug-likeness (QED) is 0.877. The molecule has 0 aromatic heterocycles. The number of carbonyl (C=O) groups is 1. The molecule has 0 bridgehead atoms. The van der Waals surface area contributed by atoms with Crippen LogP contribution in [0, 0.1) is 5.41 Å². The van der Waals surface area contributed by atoms with Gasteiger partial charge in [0.25, 0.3) is 0 Å². The molecule has 1 atom stereocenters. The van der Waals surface area contributed by atoms with Crippen LogP contribution in [-0.4, -0.2) is 12.5 Å². The summed E-state index contributed by atoms with van der Waals surface area (Å²) in [7, 11) is 0. The predicted octanol–water partition coefficient (Wildman–Crippen LogP) is 2.98. The lowest BCUT2D eigenvalue weighted by molar-refractivity contribution is -0.131. The highest BCUT2D eigenvalue weighted by molar-refractivity contribution is 5.85. The maximum atomic E-state index is 12.5. The first-order valence-corrected chi connectivity index (χ1v) is 7.25. The molecule has 3 N–H and O–H groups in total. The minimum absolute atomic E-state index is 0. The van der Waals surface area contributed by atoms with Crippen molar-refractivity contribution < 1.29 is 4.79 Å². The summed E-state index contributed by atoms with van der Waals surface area (Å²) in [6, 6.07) is 8.53. The second-order valence-electron chi connectivity index (χ2n) is 5.46. The summed E-state index contributed by atoms with van der Waals surface area (Å²) in [6.45, 7) is 4.50. The number of aryl methyl sites for hydroxylation is 1. The lowest BCUT2D eigenvalue weighted by Crippen LogP contribution is -2.46. The van der Waals surface area contributed by atoms with Crippen LogP contribution in [0.1, 0.15) is 50.3 Å². The smallest absolute Gasteiger partial charge is 0.227 e. The van der Waals surface area contributed by atoms with Crippen LogP contribution in [0.4, 0.5) is 0 Å². The molecule has 0 aliphatic heterocycles. The number of rotatable bonds is 5. The number of amides is 1. The van der Waals surface area contributed by atoms with Gasteiger partial charge in [0, 0.05) is 6.54 Å². The Labute approximate surface area is 127 Å². The molecule has 0 saturated heterocycles. The zero-order valence-electron chi connectivity index (χ0n) is 12.3. The van der Waals surface area contributed by atoms with Crippen LogP contribution in [0.2, 0.25) is 0 Å². The van der Waals surface area contributed by atoms with Gasteiger partial charge >= 0.3 is 0 Å². The van der Waals surface area contributed by atoms with Crippen molar-refractivity contribution in [2.75, 3.05) is 6.54 Å². The van der Waals surface area contributed by atoms with Crippen molar-refractivity contribution in [3.05, 3.63) is 35.4 Å². The van der Waals surface area contributed by atoms with Gasteiger partial charge in [-0.2, -0.15) is 0 Å². The van der Waals surface area contributed by atoms with Crippen molar-refractivity contribution in [3.8, 4) is 0 Å². The van der Waals surface area contributed by atoms with E-state index in [1.807, 2.05) is 19.9 Å². The molecule has 112 valence electrons. The molecule has 1 aromatic rings. The third-order valence-corrected chi connectivity index (χ3v) is 4.66. The van der Waals surface area contributed by atoms with Gasteiger partial charge < -0.3 is 11.1 Å². The van der Waals surface area contributed by atoms with Gasteiger partial charge in [-0.1, -0.05) is 38.1 Å². The van der Waals surface area contributed by atoms with E-state index in [-0.39, 0.29) is 24.4 Å². The van der Waals surface area contributed by atoms with Crippen LogP contribution in [0.25, 0.3) is 0 Å². The molecule has 2 rings (SSSR count). The van der Waals surface area contributed by atoms with Gasteiger partial charge in [0.2, 0.25) is 5.91 Å². The zero-order chi connectivity index (χ0) is 13.9. The summed E-state index contributed by atoms with van der Waals surface area (Å²) in [4.78, 5) is 12.5. The van der Waals surface area contributed by atoms with Gasteiger partial charge in [-0.05, 0) is 36.8 Å². The Morgan fingerprint density at radius 3 is 2.60 bits per heavy atom. The Kier molecular flexibility index (Phi) is 6.03. The van der Waals surface area contributed by atoms with Gasteiger partial charge in [-0.3, -0.25) is 4.79 Å². The number of nitrogens with one attached hydrogen (secondary N) is 1. The first-order chi connectivity index (χ1) is 9.16. The number of benzene rings is 1. The maximum absolute atomic E-state index is 12.5. The largest absolute Gasteiger partial charge is 0.349 e. The van der Waals surface area contributed by atoms with Gasteiger partial charge in [0.1, 0.15) is 0 Å². The molecule has 1 aliphatic rings. The first-order valence-electron chi connectivity index (χ1n) is 7.25. The second-order valence-corrected chi connectivity index (χ2v) is 5.46. The molecule has 1 aromatic carbocycles. The standard InChI is InChI=1S/C16H24N2O.ClH/c1-3-16(4-2,11-17)15(19)18-14-10-9-12-7-5-6-8-13(12)14;/h5-8,14H,3-4,9-11,17H2,1-2H3,(H,18,19);1H. The molecule has 3 nitrogen and oxygen atoms in total. The van der Waals surface area contributed by atoms with Crippen molar-refractivity contribution in [1.82, 2.24) is 5.32 Å². The van der Waals surface area contributed by atoms with Crippen molar-refractivity contribution in [1.29, 1.82) is 0 Å². The minimum Gasteiger partial charge on any atom is -0.349 e. The average molecular weight is 297 g/mol. The molecule has 0 saturated carbocycles. The fourth-order valence-corrected chi connectivity index (χ4v) is 2.97. The van der Waals surface area contributed by atoms with E-state index >= 15 is 0 Å². The summed E-state index contributed by atoms with van der Waals surface area (Å²) in [5.74, 6) is 0.113. The third-order valence-electron chi connectivity index (χ3n) is 4.66. The maximum Gasteiger partial charge on any atom is 0.227 e. The lowest BCUT2D eigenvalue weighted by Gasteiger charge is -2.30. The molecule has 20 heavy (non-hydrogen) atoms. The first kappa shape index (κ1) is 17.0. The van der Waals surface area contributed by atoms with Crippen molar-refractivity contribution in [2.24, 2.45) is 11.1 Å². The highest BCUT2D eigenvalue weighted by Gasteiger charge is 2.35. The molecule has 0 spiro atoms. The van der Waals surface area contributed by atoms with E-state index in [4.69, 9.17) is 5.73 Å². The molecular formula is C16H25ClN2O. The normalized spacial score (nSPS) is 17.2. The van der Waals surface area contributed by atoms with E-state index in [1.54, 1.807) is 0 Å². The summed E-state index contributed by atoms with van der Waals surface area (Å²) in [5, 5.41) is 3.21.